The molecule has 1 aliphatic heterocycles. The van der Waals surface area contributed by atoms with Gasteiger partial charge < -0.3 is 9.84 Å². The second kappa shape index (κ2) is 8.79. The molecule has 0 atom stereocenters. The standard InChI is InChI=1S/C22H19N5O5S/c1-14-19(22-24-21(25-32-22)17-6-4-3-5-7-17)12-27(33(30,31)26-14)13-20(29)23-18-10-8-16(9-11-18)15(2)28/h3-12H,13H2,1-2H3,(H,23,29). The van der Waals surface area contributed by atoms with Crippen molar-refractivity contribution in [3.63, 3.8) is 0 Å². The van der Waals surface area contributed by atoms with Crippen LogP contribution in [-0.4, -0.2) is 46.8 Å². The number of amides is 1. The van der Waals surface area contributed by atoms with Gasteiger partial charge in [0.05, 0.1) is 11.3 Å². The van der Waals surface area contributed by atoms with Crippen LogP contribution in [0.1, 0.15) is 30.1 Å². The van der Waals surface area contributed by atoms with Gasteiger partial charge in [0.25, 0.3) is 5.89 Å². The Balaban J connectivity index is 1.54. The van der Waals surface area contributed by atoms with Crippen LogP contribution in [0.15, 0.2) is 69.7 Å². The van der Waals surface area contributed by atoms with E-state index in [0.29, 0.717) is 17.1 Å². The Labute approximate surface area is 189 Å². The molecule has 0 spiro atoms. The smallest absolute Gasteiger partial charge is 0.333 e. The molecule has 3 aromatic rings. The predicted molar refractivity (Wildman–Crippen MR) is 122 cm³/mol. The Bertz CT molecular complexity index is 1380. The topological polar surface area (TPSA) is 135 Å². The van der Waals surface area contributed by atoms with Crippen LogP contribution in [0.2, 0.25) is 0 Å². The summed E-state index contributed by atoms with van der Waals surface area (Å²) >= 11 is 0. The second-order valence-corrected chi connectivity index (χ2v) is 8.76. The lowest BCUT2D eigenvalue weighted by Gasteiger charge is -2.22. The van der Waals surface area contributed by atoms with Crippen molar-refractivity contribution in [2.45, 2.75) is 13.8 Å². The molecule has 4 rings (SSSR count). The lowest BCUT2D eigenvalue weighted by atomic mass is 10.1. The highest BCUT2D eigenvalue weighted by Crippen LogP contribution is 2.25. The summed E-state index contributed by atoms with van der Waals surface area (Å²) < 4.78 is 34.9. The van der Waals surface area contributed by atoms with Crippen LogP contribution in [0.3, 0.4) is 0 Å². The molecule has 2 aromatic carbocycles. The fraction of sp³-hybridized carbons (Fsp3) is 0.136. The molecular weight excluding hydrogens is 446 g/mol. The van der Waals surface area contributed by atoms with E-state index in [1.165, 1.54) is 20.0 Å². The van der Waals surface area contributed by atoms with Gasteiger partial charge in [0.1, 0.15) is 6.54 Å². The molecule has 11 heteroatoms. The van der Waals surface area contributed by atoms with Crippen LogP contribution in [0.4, 0.5) is 5.69 Å². The second-order valence-electron chi connectivity index (χ2n) is 7.21. The average molecular weight is 465 g/mol. The van der Waals surface area contributed by atoms with Crippen LogP contribution >= 0.6 is 0 Å². The van der Waals surface area contributed by atoms with Crippen molar-refractivity contribution in [1.29, 1.82) is 0 Å². The molecule has 1 aliphatic rings. The average Bonchev–Trinajstić information content (AvgIpc) is 3.26. The third-order valence-corrected chi connectivity index (χ3v) is 6.11. The zero-order chi connectivity index (χ0) is 23.6. The normalized spacial score (nSPS) is 14.9. The van der Waals surface area contributed by atoms with Gasteiger partial charge in [0, 0.05) is 23.0 Å². The maximum absolute atomic E-state index is 12.5. The minimum absolute atomic E-state index is 0.0789. The number of benzene rings is 2. The first-order chi connectivity index (χ1) is 15.7. The molecule has 2 heterocycles. The van der Waals surface area contributed by atoms with Crippen LogP contribution in [0.5, 0.6) is 0 Å². The summed E-state index contributed by atoms with van der Waals surface area (Å²) in [5, 5.41) is 6.54. The van der Waals surface area contributed by atoms with Crippen LogP contribution < -0.4 is 5.32 Å². The summed E-state index contributed by atoms with van der Waals surface area (Å²) in [6, 6.07) is 15.4. The summed E-state index contributed by atoms with van der Waals surface area (Å²) in [4.78, 5) is 28.2. The van der Waals surface area contributed by atoms with Crippen LogP contribution in [0.25, 0.3) is 17.0 Å². The number of anilines is 1. The summed E-state index contributed by atoms with van der Waals surface area (Å²) in [5.41, 5.74) is 2.11. The third kappa shape index (κ3) is 4.88. The lowest BCUT2D eigenvalue weighted by Crippen LogP contribution is -2.36. The van der Waals surface area contributed by atoms with Gasteiger partial charge in [-0.1, -0.05) is 35.5 Å². The molecule has 1 aromatic heterocycles. The summed E-state index contributed by atoms with van der Waals surface area (Å²) in [7, 11) is -4.11. The van der Waals surface area contributed by atoms with Gasteiger partial charge in [0.15, 0.2) is 5.78 Å². The Kier molecular flexibility index (Phi) is 5.88. The van der Waals surface area contributed by atoms with Crippen LogP contribution in [-0.2, 0) is 15.0 Å². The highest BCUT2D eigenvalue weighted by molar-refractivity contribution is 7.88. The predicted octanol–water partition coefficient (Wildman–Crippen LogP) is 2.94. The Morgan fingerprint density at radius 3 is 2.42 bits per heavy atom. The zero-order valence-corrected chi connectivity index (χ0v) is 18.5. The van der Waals surface area contributed by atoms with Gasteiger partial charge in [-0.2, -0.15) is 13.4 Å². The quantitative estimate of drug-likeness (QED) is 0.553. The highest BCUT2D eigenvalue weighted by atomic mass is 32.2. The fourth-order valence-corrected chi connectivity index (χ4v) is 4.15. The number of hydrogen-bond donors (Lipinski definition) is 1. The molecule has 0 bridgehead atoms. The van der Waals surface area contributed by atoms with Gasteiger partial charge in [-0.05, 0) is 38.1 Å². The number of nitrogens with zero attached hydrogens (tertiary/aromatic N) is 4. The number of hydrogen-bond acceptors (Lipinski definition) is 7. The Morgan fingerprint density at radius 1 is 1.06 bits per heavy atom. The first kappa shape index (κ1) is 22.1. The monoisotopic (exact) mass is 465 g/mol. The van der Waals surface area contributed by atoms with E-state index in [1.54, 1.807) is 24.3 Å². The lowest BCUT2D eigenvalue weighted by molar-refractivity contribution is -0.116. The molecule has 33 heavy (non-hydrogen) atoms. The first-order valence-corrected chi connectivity index (χ1v) is 11.2. The van der Waals surface area contributed by atoms with Gasteiger partial charge in [-0.3, -0.25) is 9.59 Å². The van der Waals surface area contributed by atoms with Gasteiger partial charge in [0.2, 0.25) is 11.7 Å². The molecule has 0 radical (unpaired) electrons. The zero-order valence-electron chi connectivity index (χ0n) is 17.7. The van der Waals surface area contributed by atoms with Crippen molar-refractivity contribution in [2.24, 2.45) is 4.40 Å². The molecule has 10 nitrogen and oxygen atoms in total. The first-order valence-electron chi connectivity index (χ1n) is 9.84. The van der Waals surface area contributed by atoms with Crippen molar-refractivity contribution in [3.05, 3.63) is 72.3 Å². The minimum atomic E-state index is -4.11. The summed E-state index contributed by atoms with van der Waals surface area (Å²) in [6.07, 6.45) is 1.25. The molecule has 0 aliphatic carbocycles. The maximum atomic E-state index is 12.5. The largest absolute Gasteiger partial charge is 0.344 e. The molecule has 0 saturated heterocycles. The molecule has 1 N–H and O–H groups in total. The number of nitrogens with one attached hydrogen (secondary N) is 1. The molecule has 1 amide bonds. The Morgan fingerprint density at radius 2 is 1.76 bits per heavy atom. The van der Waals surface area contributed by atoms with Crippen LogP contribution in [0, 0.1) is 0 Å². The molecule has 168 valence electrons. The van der Waals surface area contributed by atoms with Crippen molar-refractivity contribution in [1.82, 2.24) is 14.4 Å². The molecule has 0 unspecified atom stereocenters. The molecule has 0 fully saturated rings. The van der Waals surface area contributed by atoms with E-state index in [2.05, 4.69) is 19.9 Å². The van der Waals surface area contributed by atoms with Crippen molar-refractivity contribution < 1.29 is 22.5 Å². The Hall–Kier alpha value is -4.12. The van der Waals surface area contributed by atoms with E-state index in [0.717, 1.165) is 9.87 Å². The number of aromatic nitrogens is 2. The molecule has 0 saturated carbocycles. The number of ketones is 1. The van der Waals surface area contributed by atoms with Crippen molar-refractivity contribution >= 4 is 38.9 Å². The SMILES string of the molecule is CC(=O)c1ccc(NC(=O)CN2C=C(c3nc(-c4ccccc4)no3)C(C)=NS2(=O)=O)cc1. The number of rotatable bonds is 6. The van der Waals surface area contributed by atoms with E-state index >= 15 is 0 Å². The summed E-state index contributed by atoms with van der Waals surface area (Å²) in [6.45, 7) is 2.42. The number of allylic oxidation sites excluding steroid dienone is 1. The van der Waals surface area contributed by atoms with E-state index in [-0.39, 0.29) is 23.0 Å². The highest BCUT2D eigenvalue weighted by Gasteiger charge is 2.29. The maximum Gasteiger partial charge on any atom is 0.344 e. The van der Waals surface area contributed by atoms with Crippen molar-refractivity contribution in [2.75, 3.05) is 11.9 Å². The van der Waals surface area contributed by atoms with Gasteiger partial charge >= 0.3 is 10.2 Å². The van der Waals surface area contributed by atoms with E-state index in [9.17, 15) is 18.0 Å². The number of carbonyl (C=O) groups excluding carboxylic acids is 2. The van der Waals surface area contributed by atoms with E-state index < -0.39 is 22.7 Å². The number of Topliss-reactive ketones (excluding diaryl/α,β-unsaturated/α-hetero) is 1. The van der Waals surface area contributed by atoms with Gasteiger partial charge in [-0.25, -0.2) is 4.31 Å². The summed E-state index contributed by atoms with van der Waals surface area (Å²) in [5.74, 6) is -0.272. The minimum Gasteiger partial charge on any atom is -0.333 e. The fourth-order valence-electron chi connectivity index (χ4n) is 3.08. The number of carbonyl (C=O) groups is 2. The van der Waals surface area contributed by atoms with Crippen molar-refractivity contribution in [3.8, 4) is 11.4 Å². The molecular formula is C22H19N5O5S. The van der Waals surface area contributed by atoms with E-state index in [4.69, 9.17) is 4.52 Å². The third-order valence-electron chi connectivity index (χ3n) is 4.77. The van der Waals surface area contributed by atoms with E-state index in [1.807, 2.05) is 30.3 Å². The van der Waals surface area contributed by atoms with Gasteiger partial charge in [-0.15, -0.1) is 4.40 Å².